The third kappa shape index (κ3) is 2.73. The second-order valence-electron chi connectivity index (χ2n) is 5.18. The van der Waals surface area contributed by atoms with E-state index >= 15 is 0 Å². The van der Waals surface area contributed by atoms with E-state index in [4.69, 9.17) is 0 Å². The van der Waals surface area contributed by atoms with Crippen molar-refractivity contribution in [2.24, 2.45) is 0 Å². The molecular formula is C14H18N4O2S2. The molecule has 3 rings (SSSR count). The number of nitrogens with zero attached hydrogens (tertiary/aromatic N) is 3. The monoisotopic (exact) mass is 338 g/mol. The average molecular weight is 338 g/mol. The summed E-state index contributed by atoms with van der Waals surface area (Å²) < 4.78 is 27.5. The highest BCUT2D eigenvalue weighted by Crippen LogP contribution is 2.37. The number of aryl methyl sites for hydroxylation is 1. The van der Waals surface area contributed by atoms with E-state index in [2.05, 4.69) is 15.3 Å². The zero-order valence-electron chi connectivity index (χ0n) is 12.5. The lowest BCUT2D eigenvalue weighted by molar-refractivity contribution is 0.391. The van der Waals surface area contributed by atoms with Crippen LogP contribution in [-0.2, 0) is 10.0 Å². The van der Waals surface area contributed by atoms with Gasteiger partial charge in [0.05, 0.1) is 11.7 Å². The third-order valence-corrected chi connectivity index (χ3v) is 7.00. The van der Waals surface area contributed by atoms with Crippen LogP contribution in [0.1, 0.15) is 30.4 Å². The Kier molecular flexibility index (Phi) is 4.16. The van der Waals surface area contributed by atoms with Gasteiger partial charge in [-0.15, -0.1) is 11.3 Å². The molecule has 0 aliphatic carbocycles. The molecule has 0 unspecified atom stereocenters. The molecule has 0 spiro atoms. The maximum Gasteiger partial charge on any atom is 0.253 e. The van der Waals surface area contributed by atoms with Gasteiger partial charge < -0.3 is 5.32 Å². The van der Waals surface area contributed by atoms with Gasteiger partial charge in [-0.1, -0.05) is 6.07 Å². The van der Waals surface area contributed by atoms with Crippen molar-refractivity contribution in [2.75, 3.05) is 18.9 Å². The van der Waals surface area contributed by atoms with Crippen LogP contribution in [0.5, 0.6) is 0 Å². The first-order chi connectivity index (χ1) is 10.5. The predicted octanol–water partition coefficient (Wildman–Crippen LogP) is 2.41. The number of hydrogen-bond acceptors (Lipinski definition) is 6. The van der Waals surface area contributed by atoms with Crippen molar-refractivity contribution < 1.29 is 8.42 Å². The molecule has 0 radical (unpaired) electrons. The maximum atomic E-state index is 12.8. The van der Waals surface area contributed by atoms with Crippen molar-refractivity contribution in [2.45, 2.75) is 30.0 Å². The van der Waals surface area contributed by atoms with Crippen molar-refractivity contribution in [1.82, 2.24) is 14.3 Å². The second kappa shape index (κ2) is 5.94. The van der Waals surface area contributed by atoms with Gasteiger partial charge in [-0.05, 0) is 31.2 Å². The predicted molar refractivity (Wildman–Crippen MR) is 86.5 cm³/mol. The van der Waals surface area contributed by atoms with E-state index in [9.17, 15) is 8.42 Å². The lowest BCUT2D eigenvalue weighted by Gasteiger charge is -2.23. The molecule has 8 heteroatoms. The minimum atomic E-state index is -3.45. The Morgan fingerprint density at radius 1 is 1.41 bits per heavy atom. The van der Waals surface area contributed by atoms with E-state index in [-0.39, 0.29) is 6.04 Å². The zero-order valence-corrected chi connectivity index (χ0v) is 14.1. The zero-order chi connectivity index (χ0) is 15.7. The SMILES string of the molecule is CNc1cc([C@@H]2CCCN2S(=O)(=O)c2cccs2)nc(C)n1. The number of hydrogen-bond donors (Lipinski definition) is 1. The Hall–Kier alpha value is -1.51. The summed E-state index contributed by atoms with van der Waals surface area (Å²) in [6, 6.07) is 5.02. The van der Waals surface area contributed by atoms with Crippen LogP contribution >= 0.6 is 11.3 Å². The van der Waals surface area contributed by atoms with E-state index < -0.39 is 10.0 Å². The van der Waals surface area contributed by atoms with Gasteiger partial charge in [-0.25, -0.2) is 18.4 Å². The summed E-state index contributed by atoms with van der Waals surface area (Å²) in [6.07, 6.45) is 1.62. The Morgan fingerprint density at radius 2 is 2.23 bits per heavy atom. The van der Waals surface area contributed by atoms with Crippen LogP contribution in [-0.4, -0.2) is 36.3 Å². The van der Waals surface area contributed by atoms with Crippen molar-refractivity contribution in [1.29, 1.82) is 0 Å². The fourth-order valence-electron chi connectivity index (χ4n) is 2.74. The molecule has 1 N–H and O–H groups in total. The molecule has 0 aromatic carbocycles. The number of anilines is 1. The fourth-order valence-corrected chi connectivity index (χ4v) is 5.53. The number of nitrogens with one attached hydrogen (secondary N) is 1. The number of thiophene rings is 1. The van der Waals surface area contributed by atoms with Gasteiger partial charge >= 0.3 is 0 Å². The summed E-state index contributed by atoms with van der Waals surface area (Å²) in [5.74, 6) is 1.35. The van der Waals surface area contributed by atoms with E-state index in [0.717, 1.165) is 18.5 Å². The van der Waals surface area contributed by atoms with Crippen LogP contribution < -0.4 is 5.32 Å². The van der Waals surface area contributed by atoms with Gasteiger partial charge in [0.25, 0.3) is 10.0 Å². The van der Waals surface area contributed by atoms with E-state index in [1.165, 1.54) is 11.3 Å². The highest BCUT2D eigenvalue weighted by atomic mass is 32.2. The van der Waals surface area contributed by atoms with Crippen LogP contribution in [0.25, 0.3) is 0 Å². The van der Waals surface area contributed by atoms with Gasteiger partial charge in [0.15, 0.2) is 0 Å². The Balaban J connectivity index is 1.99. The van der Waals surface area contributed by atoms with Crippen LogP contribution in [0, 0.1) is 6.92 Å². The Morgan fingerprint density at radius 3 is 2.91 bits per heavy atom. The van der Waals surface area contributed by atoms with Crippen molar-refractivity contribution in [3.8, 4) is 0 Å². The topological polar surface area (TPSA) is 75.2 Å². The molecule has 3 heterocycles. The molecule has 1 fully saturated rings. The summed E-state index contributed by atoms with van der Waals surface area (Å²) in [6.45, 7) is 2.35. The molecular weight excluding hydrogens is 320 g/mol. The van der Waals surface area contributed by atoms with Crippen molar-refractivity contribution in [3.05, 3.63) is 35.1 Å². The normalized spacial score (nSPS) is 19.5. The number of sulfonamides is 1. The molecule has 0 bridgehead atoms. The average Bonchev–Trinajstić information content (AvgIpc) is 3.18. The van der Waals surface area contributed by atoms with E-state index in [1.54, 1.807) is 28.9 Å². The Labute approximate surface area is 134 Å². The molecule has 2 aromatic rings. The molecule has 22 heavy (non-hydrogen) atoms. The van der Waals surface area contributed by atoms with Crippen molar-refractivity contribution in [3.63, 3.8) is 0 Å². The largest absolute Gasteiger partial charge is 0.373 e. The smallest absolute Gasteiger partial charge is 0.253 e. The highest BCUT2D eigenvalue weighted by Gasteiger charge is 2.37. The first-order valence-corrected chi connectivity index (χ1v) is 9.43. The van der Waals surface area contributed by atoms with Gasteiger partial charge in [0.1, 0.15) is 15.9 Å². The summed E-state index contributed by atoms with van der Waals surface area (Å²) >= 11 is 1.25. The van der Waals surface area contributed by atoms with Crippen molar-refractivity contribution >= 4 is 27.2 Å². The molecule has 1 aliphatic rings. The molecule has 1 atom stereocenters. The van der Waals surface area contributed by atoms with Crippen LogP contribution in [0.15, 0.2) is 27.8 Å². The molecule has 1 aliphatic heterocycles. The quantitative estimate of drug-likeness (QED) is 0.926. The summed E-state index contributed by atoms with van der Waals surface area (Å²) in [5, 5.41) is 4.78. The van der Waals surface area contributed by atoms with Crippen LogP contribution in [0.4, 0.5) is 5.82 Å². The molecule has 118 valence electrons. The standard InChI is InChI=1S/C14H18N4O2S2/c1-10-16-11(9-13(15-2)17-10)12-5-3-7-18(12)22(19,20)14-6-4-8-21-14/h4,6,8-9,12H,3,5,7H2,1-2H3,(H,15,16,17)/t12-/m0/s1. The third-order valence-electron chi connectivity index (χ3n) is 3.72. The first-order valence-electron chi connectivity index (χ1n) is 7.11. The Bertz CT molecular complexity index is 759. The molecule has 1 saturated heterocycles. The molecule has 2 aromatic heterocycles. The van der Waals surface area contributed by atoms with E-state index in [1.807, 2.05) is 13.0 Å². The lowest BCUT2D eigenvalue weighted by atomic mass is 10.1. The first kappa shape index (κ1) is 15.4. The second-order valence-corrected chi connectivity index (χ2v) is 8.25. The van der Waals surface area contributed by atoms with Crippen LogP contribution in [0.3, 0.4) is 0 Å². The van der Waals surface area contributed by atoms with Gasteiger partial charge in [0.2, 0.25) is 0 Å². The minimum absolute atomic E-state index is 0.221. The minimum Gasteiger partial charge on any atom is -0.373 e. The molecule has 6 nitrogen and oxygen atoms in total. The van der Waals surface area contributed by atoms with Gasteiger partial charge in [-0.3, -0.25) is 0 Å². The number of rotatable bonds is 4. The maximum absolute atomic E-state index is 12.8. The molecule has 0 amide bonds. The number of aromatic nitrogens is 2. The van der Waals surface area contributed by atoms with Crippen LogP contribution in [0.2, 0.25) is 0 Å². The van der Waals surface area contributed by atoms with Gasteiger partial charge in [0, 0.05) is 19.7 Å². The highest BCUT2D eigenvalue weighted by molar-refractivity contribution is 7.91. The van der Waals surface area contributed by atoms with Gasteiger partial charge in [-0.2, -0.15) is 4.31 Å². The molecule has 0 saturated carbocycles. The fraction of sp³-hybridized carbons (Fsp3) is 0.429. The summed E-state index contributed by atoms with van der Waals surface area (Å²) in [4.78, 5) is 8.73. The summed E-state index contributed by atoms with van der Waals surface area (Å²) in [5.41, 5.74) is 0.759. The summed E-state index contributed by atoms with van der Waals surface area (Å²) in [7, 11) is -1.66. The lowest BCUT2D eigenvalue weighted by Crippen LogP contribution is -2.30. The van der Waals surface area contributed by atoms with E-state index in [0.29, 0.717) is 22.4 Å².